The average molecular weight is 284 g/mol. The molecule has 21 heavy (non-hydrogen) atoms. The van der Waals surface area contributed by atoms with Crippen LogP contribution in [0, 0.1) is 11.3 Å². The maximum atomic E-state index is 8.99. The van der Waals surface area contributed by atoms with E-state index >= 15 is 0 Å². The molecule has 5 nitrogen and oxygen atoms in total. The van der Waals surface area contributed by atoms with Gasteiger partial charge in [0.25, 0.3) is 0 Å². The molecule has 1 aromatic carbocycles. The fourth-order valence-corrected chi connectivity index (χ4v) is 2.03. The van der Waals surface area contributed by atoms with Crippen molar-refractivity contribution >= 4 is 0 Å². The van der Waals surface area contributed by atoms with Crippen LogP contribution in [-0.4, -0.2) is 22.7 Å². The molecular weight excluding hydrogens is 264 g/mol. The zero-order valence-corrected chi connectivity index (χ0v) is 12.6. The average Bonchev–Trinajstić information content (AvgIpc) is 2.92. The quantitative estimate of drug-likeness (QED) is 0.884. The first-order valence-corrected chi connectivity index (χ1v) is 6.93. The lowest BCUT2D eigenvalue weighted by Crippen LogP contribution is -2.21. The second-order valence-corrected chi connectivity index (χ2v) is 5.22. The lowest BCUT2D eigenvalue weighted by Gasteiger charge is -2.07. The molecule has 0 spiro atoms. The highest BCUT2D eigenvalue weighted by atomic mass is 16.5. The van der Waals surface area contributed by atoms with Crippen LogP contribution in [0.25, 0.3) is 0 Å². The summed E-state index contributed by atoms with van der Waals surface area (Å²) in [6, 6.07) is 8.17. The first kappa shape index (κ1) is 15.1. The van der Waals surface area contributed by atoms with E-state index in [-0.39, 0.29) is 0 Å². The van der Waals surface area contributed by atoms with Crippen molar-refractivity contribution in [3.63, 3.8) is 0 Å². The van der Waals surface area contributed by atoms with E-state index < -0.39 is 0 Å². The molecule has 0 radical (unpaired) electrons. The summed E-state index contributed by atoms with van der Waals surface area (Å²) in [5.74, 6) is 0.608. The number of rotatable bonds is 6. The highest BCUT2D eigenvalue weighted by Gasteiger charge is 2.05. The van der Waals surface area contributed by atoms with Crippen LogP contribution in [0.3, 0.4) is 0 Å². The fraction of sp³-hybridized carbons (Fsp3) is 0.375. The van der Waals surface area contributed by atoms with E-state index in [9.17, 15) is 0 Å². The third kappa shape index (κ3) is 4.07. The summed E-state index contributed by atoms with van der Waals surface area (Å²) < 4.78 is 7.25. The third-order valence-electron chi connectivity index (χ3n) is 3.13. The van der Waals surface area contributed by atoms with Gasteiger partial charge in [0.05, 0.1) is 24.7 Å². The molecule has 0 saturated carbocycles. The molecule has 1 aromatic heterocycles. The Kier molecular flexibility index (Phi) is 4.96. The number of aromatic nitrogens is 2. The van der Waals surface area contributed by atoms with E-state index in [1.807, 2.05) is 29.2 Å². The number of methoxy groups -OCH3 is 1. The molecule has 1 N–H and O–H groups in total. The van der Waals surface area contributed by atoms with Crippen molar-refractivity contribution in [1.29, 1.82) is 5.26 Å². The number of nitrogens with zero attached hydrogens (tertiary/aromatic N) is 3. The van der Waals surface area contributed by atoms with E-state index in [0.29, 0.717) is 23.9 Å². The highest BCUT2D eigenvalue weighted by molar-refractivity contribution is 5.45. The van der Waals surface area contributed by atoms with Crippen LogP contribution in [0.5, 0.6) is 5.75 Å². The summed E-state index contributed by atoms with van der Waals surface area (Å²) in [5, 5.41) is 12.3. The second-order valence-electron chi connectivity index (χ2n) is 5.22. The van der Waals surface area contributed by atoms with E-state index in [2.05, 4.69) is 30.2 Å². The molecule has 0 unspecified atom stereocenters. The zero-order chi connectivity index (χ0) is 15.2. The maximum absolute atomic E-state index is 8.99. The maximum Gasteiger partial charge on any atom is 0.136 e. The van der Waals surface area contributed by atoms with Crippen molar-refractivity contribution in [2.24, 2.45) is 0 Å². The summed E-state index contributed by atoms with van der Waals surface area (Å²) in [4.78, 5) is 4.38. The van der Waals surface area contributed by atoms with Gasteiger partial charge in [0, 0.05) is 25.3 Å². The van der Waals surface area contributed by atoms with E-state index in [0.717, 1.165) is 17.8 Å². The molecule has 5 heteroatoms. The molecule has 110 valence electrons. The smallest absolute Gasteiger partial charge is 0.136 e. The van der Waals surface area contributed by atoms with Crippen LogP contribution in [0.4, 0.5) is 0 Å². The zero-order valence-electron chi connectivity index (χ0n) is 12.6. The summed E-state index contributed by atoms with van der Waals surface area (Å²) in [6.07, 6.45) is 3.85. The lowest BCUT2D eigenvalue weighted by atomic mass is 10.1. The number of hydrogen-bond acceptors (Lipinski definition) is 4. The van der Waals surface area contributed by atoms with Gasteiger partial charge < -0.3 is 14.6 Å². The summed E-state index contributed by atoms with van der Waals surface area (Å²) in [5.41, 5.74) is 2.64. The topological polar surface area (TPSA) is 62.9 Å². The molecule has 0 aliphatic heterocycles. The Hall–Kier alpha value is -2.32. The van der Waals surface area contributed by atoms with Crippen molar-refractivity contribution in [3.05, 3.63) is 47.5 Å². The molecule has 2 rings (SSSR count). The molecule has 0 aliphatic carbocycles. The van der Waals surface area contributed by atoms with Crippen LogP contribution in [0.15, 0.2) is 30.7 Å². The highest BCUT2D eigenvalue weighted by Crippen LogP contribution is 2.19. The number of nitrogens with one attached hydrogen (secondary N) is 1. The van der Waals surface area contributed by atoms with Crippen molar-refractivity contribution in [2.75, 3.05) is 7.11 Å². The van der Waals surface area contributed by atoms with Crippen LogP contribution in [-0.2, 0) is 13.1 Å². The van der Waals surface area contributed by atoms with Gasteiger partial charge in [0.15, 0.2) is 0 Å². The standard InChI is InChI=1S/C16H20N4O/c1-12(2)18-8-15-10-20(11-19-15)9-13-4-5-14(7-17)16(6-13)21-3/h4-6,10-12,18H,8-9H2,1-3H3. The van der Waals surface area contributed by atoms with Crippen LogP contribution in [0.1, 0.15) is 30.7 Å². The SMILES string of the molecule is COc1cc(Cn2cnc(CNC(C)C)c2)ccc1C#N. The number of nitriles is 1. The van der Waals surface area contributed by atoms with Gasteiger partial charge in [-0.2, -0.15) is 5.26 Å². The lowest BCUT2D eigenvalue weighted by molar-refractivity contribution is 0.413. The summed E-state index contributed by atoms with van der Waals surface area (Å²) >= 11 is 0. The van der Waals surface area contributed by atoms with Gasteiger partial charge in [-0.3, -0.25) is 0 Å². The molecule has 0 atom stereocenters. The summed E-state index contributed by atoms with van der Waals surface area (Å²) in [6.45, 7) is 5.69. The molecule has 0 aliphatic rings. The Labute approximate surface area is 125 Å². The number of ether oxygens (including phenoxy) is 1. The molecule has 0 fully saturated rings. The fourth-order valence-electron chi connectivity index (χ4n) is 2.03. The van der Waals surface area contributed by atoms with Gasteiger partial charge in [-0.1, -0.05) is 19.9 Å². The molecular formula is C16H20N4O. The number of hydrogen-bond donors (Lipinski definition) is 1. The Morgan fingerprint density at radius 3 is 2.90 bits per heavy atom. The van der Waals surface area contributed by atoms with E-state index in [1.165, 1.54) is 0 Å². The normalized spacial score (nSPS) is 10.6. The van der Waals surface area contributed by atoms with Gasteiger partial charge in [0.1, 0.15) is 11.8 Å². The first-order chi connectivity index (χ1) is 10.1. The van der Waals surface area contributed by atoms with Crippen molar-refractivity contribution in [2.45, 2.75) is 33.0 Å². The Bertz CT molecular complexity index is 640. The van der Waals surface area contributed by atoms with Crippen molar-refractivity contribution < 1.29 is 4.74 Å². The molecule has 1 heterocycles. The predicted octanol–water partition coefficient (Wildman–Crippen LogP) is 2.31. The third-order valence-corrected chi connectivity index (χ3v) is 3.13. The minimum atomic E-state index is 0.443. The number of benzene rings is 1. The van der Waals surface area contributed by atoms with Gasteiger partial charge >= 0.3 is 0 Å². The van der Waals surface area contributed by atoms with Gasteiger partial charge in [-0.15, -0.1) is 0 Å². The monoisotopic (exact) mass is 284 g/mol. The second kappa shape index (κ2) is 6.91. The number of imidazole rings is 1. The molecule has 0 saturated heterocycles. The van der Waals surface area contributed by atoms with Gasteiger partial charge in [-0.25, -0.2) is 4.98 Å². The van der Waals surface area contributed by atoms with Crippen LogP contribution in [0.2, 0.25) is 0 Å². The minimum absolute atomic E-state index is 0.443. The largest absolute Gasteiger partial charge is 0.495 e. The molecule has 2 aromatic rings. The molecule has 0 bridgehead atoms. The van der Waals surface area contributed by atoms with E-state index in [4.69, 9.17) is 10.00 Å². The Morgan fingerprint density at radius 1 is 1.43 bits per heavy atom. The van der Waals surface area contributed by atoms with Gasteiger partial charge in [-0.05, 0) is 17.7 Å². The van der Waals surface area contributed by atoms with Gasteiger partial charge in [0.2, 0.25) is 0 Å². The minimum Gasteiger partial charge on any atom is -0.495 e. The Morgan fingerprint density at radius 2 is 2.24 bits per heavy atom. The van der Waals surface area contributed by atoms with Crippen LogP contribution < -0.4 is 10.1 Å². The van der Waals surface area contributed by atoms with Crippen molar-refractivity contribution in [1.82, 2.24) is 14.9 Å². The summed E-state index contributed by atoms with van der Waals surface area (Å²) in [7, 11) is 1.58. The Balaban J connectivity index is 2.06. The first-order valence-electron chi connectivity index (χ1n) is 6.93. The predicted molar refractivity (Wildman–Crippen MR) is 81.0 cm³/mol. The van der Waals surface area contributed by atoms with Crippen molar-refractivity contribution in [3.8, 4) is 11.8 Å². The molecule has 0 amide bonds. The van der Waals surface area contributed by atoms with Crippen LogP contribution >= 0.6 is 0 Å². The van der Waals surface area contributed by atoms with E-state index in [1.54, 1.807) is 13.2 Å².